The van der Waals surface area contributed by atoms with Crippen LogP contribution in [0.25, 0.3) is 0 Å². The summed E-state index contributed by atoms with van der Waals surface area (Å²) >= 11 is 0. The van der Waals surface area contributed by atoms with E-state index in [1.807, 2.05) is 18.7 Å². The molecule has 0 radical (unpaired) electrons. The zero-order valence-corrected chi connectivity index (χ0v) is 7.68. The van der Waals surface area contributed by atoms with Gasteiger partial charge in [-0.1, -0.05) is 27.2 Å². The van der Waals surface area contributed by atoms with E-state index in [9.17, 15) is 4.79 Å². The Morgan fingerprint density at radius 3 is 2.36 bits per heavy atom. The molecule has 1 aliphatic rings. The van der Waals surface area contributed by atoms with Gasteiger partial charge in [0.2, 0.25) is 5.91 Å². The van der Waals surface area contributed by atoms with E-state index in [2.05, 4.69) is 6.92 Å². The highest BCUT2D eigenvalue weighted by Crippen LogP contribution is 2.27. The fourth-order valence-electron chi connectivity index (χ4n) is 1.41. The van der Waals surface area contributed by atoms with Gasteiger partial charge in [-0.3, -0.25) is 4.79 Å². The van der Waals surface area contributed by atoms with Crippen molar-refractivity contribution in [1.82, 2.24) is 4.90 Å². The van der Waals surface area contributed by atoms with Crippen LogP contribution in [-0.2, 0) is 4.79 Å². The van der Waals surface area contributed by atoms with Crippen LogP contribution in [0.4, 0.5) is 0 Å². The number of rotatable bonds is 3. The number of amides is 1. The Kier molecular flexibility index (Phi) is 2.21. The predicted molar refractivity (Wildman–Crippen MR) is 45.3 cm³/mol. The fourth-order valence-corrected chi connectivity index (χ4v) is 1.41. The molecule has 0 bridgehead atoms. The number of hydrogen-bond acceptors (Lipinski definition) is 1. The summed E-state index contributed by atoms with van der Waals surface area (Å²) in [7, 11) is 0. The highest BCUT2D eigenvalue weighted by Gasteiger charge is 2.35. The van der Waals surface area contributed by atoms with Gasteiger partial charge in [0, 0.05) is 18.5 Å². The van der Waals surface area contributed by atoms with Crippen LogP contribution in [0, 0.1) is 5.41 Å². The number of carbonyl (C=O) groups is 1. The lowest BCUT2D eigenvalue weighted by Crippen LogP contribution is -2.30. The van der Waals surface area contributed by atoms with Gasteiger partial charge >= 0.3 is 0 Å². The van der Waals surface area contributed by atoms with Gasteiger partial charge in [-0.2, -0.15) is 0 Å². The van der Waals surface area contributed by atoms with Crippen molar-refractivity contribution in [3.63, 3.8) is 0 Å². The van der Waals surface area contributed by atoms with Crippen LogP contribution in [0.15, 0.2) is 0 Å². The SMILES string of the molecule is CCCC(C)(C)C(=O)N1CC1. The summed E-state index contributed by atoms with van der Waals surface area (Å²) in [5.74, 6) is 0.333. The van der Waals surface area contributed by atoms with E-state index in [0.29, 0.717) is 5.91 Å². The molecule has 2 heteroatoms. The van der Waals surface area contributed by atoms with E-state index in [4.69, 9.17) is 0 Å². The topological polar surface area (TPSA) is 20.1 Å². The van der Waals surface area contributed by atoms with Gasteiger partial charge in [0.15, 0.2) is 0 Å². The van der Waals surface area contributed by atoms with Crippen molar-refractivity contribution in [3.8, 4) is 0 Å². The molecule has 64 valence electrons. The maximum absolute atomic E-state index is 11.5. The van der Waals surface area contributed by atoms with Gasteiger partial charge < -0.3 is 4.90 Å². The fraction of sp³-hybridized carbons (Fsp3) is 0.889. The zero-order valence-electron chi connectivity index (χ0n) is 7.68. The summed E-state index contributed by atoms with van der Waals surface area (Å²) in [6, 6.07) is 0. The van der Waals surface area contributed by atoms with E-state index >= 15 is 0 Å². The van der Waals surface area contributed by atoms with Gasteiger partial charge in [0.1, 0.15) is 0 Å². The van der Waals surface area contributed by atoms with E-state index in [0.717, 1.165) is 25.9 Å². The average Bonchev–Trinajstić information content (AvgIpc) is 2.67. The van der Waals surface area contributed by atoms with Crippen molar-refractivity contribution in [2.45, 2.75) is 33.6 Å². The molecule has 1 amide bonds. The van der Waals surface area contributed by atoms with Crippen LogP contribution < -0.4 is 0 Å². The molecule has 2 nitrogen and oxygen atoms in total. The Bertz CT molecular complexity index is 159. The normalized spacial score (nSPS) is 16.8. The second-order valence-electron chi connectivity index (χ2n) is 3.93. The molecule has 0 atom stereocenters. The minimum atomic E-state index is -0.120. The molecular weight excluding hydrogens is 138 g/mol. The molecule has 0 unspecified atom stereocenters. The van der Waals surface area contributed by atoms with Crippen molar-refractivity contribution in [2.75, 3.05) is 13.1 Å². The van der Waals surface area contributed by atoms with Crippen molar-refractivity contribution >= 4 is 5.91 Å². The molecule has 0 aromatic carbocycles. The molecule has 0 aromatic heterocycles. The van der Waals surface area contributed by atoms with Crippen LogP contribution in [0.5, 0.6) is 0 Å². The predicted octanol–water partition coefficient (Wildman–Crippen LogP) is 1.65. The Labute approximate surface area is 68.6 Å². The Hall–Kier alpha value is -0.530. The Morgan fingerprint density at radius 1 is 1.45 bits per heavy atom. The molecule has 1 heterocycles. The van der Waals surface area contributed by atoms with Crippen LogP contribution in [0.2, 0.25) is 0 Å². The minimum absolute atomic E-state index is 0.120. The van der Waals surface area contributed by atoms with E-state index in [1.54, 1.807) is 0 Å². The van der Waals surface area contributed by atoms with E-state index in [1.165, 1.54) is 0 Å². The first-order valence-electron chi connectivity index (χ1n) is 4.37. The molecular formula is C9H17NO. The maximum Gasteiger partial charge on any atom is 0.228 e. The first-order chi connectivity index (χ1) is 5.08. The molecule has 1 aliphatic heterocycles. The highest BCUT2D eigenvalue weighted by atomic mass is 16.2. The summed E-state index contributed by atoms with van der Waals surface area (Å²) in [4.78, 5) is 13.5. The monoisotopic (exact) mass is 155 g/mol. The third kappa shape index (κ3) is 1.95. The van der Waals surface area contributed by atoms with Gasteiger partial charge in [-0.15, -0.1) is 0 Å². The summed E-state index contributed by atoms with van der Waals surface area (Å²) in [6.45, 7) is 8.16. The largest absolute Gasteiger partial charge is 0.339 e. The van der Waals surface area contributed by atoms with Crippen molar-refractivity contribution < 1.29 is 4.79 Å². The molecule has 0 aliphatic carbocycles. The second kappa shape index (κ2) is 2.84. The van der Waals surface area contributed by atoms with Crippen LogP contribution >= 0.6 is 0 Å². The molecule has 0 aromatic rings. The summed E-state index contributed by atoms with van der Waals surface area (Å²) in [5.41, 5.74) is -0.120. The van der Waals surface area contributed by atoms with Gasteiger partial charge in [-0.25, -0.2) is 0 Å². The third-order valence-electron chi connectivity index (χ3n) is 2.19. The van der Waals surface area contributed by atoms with Crippen LogP contribution in [0.1, 0.15) is 33.6 Å². The van der Waals surface area contributed by atoms with Crippen LogP contribution in [-0.4, -0.2) is 23.9 Å². The molecule has 1 saturated heterocycles. The highest BCUT2D eigenvalue weighted by molar-refractivity contribution is 5.83. The zero-order chi connectivity index (χ0) is 8.48. The molecule has 1 fully saturated rings. The number of nitrogens with zero attached hydrogens (tertiary/aromatic N) is 1. The summed E-state index contributed by atoms with van der Waals surface area (Å²) in [5, 5.41) is 0. The lowest BCUT2D eigenvalue weighted by molar-refractivity contribution is -0.134. The minimum Gasteiger partial charge on any atom is -0.339 e. The average molecular weight is 155 g/mol. The van der Waals surface area contributed by atoms with Gasteiger partial charge in [0.05, 0.1) is 0 Å². The van der Waals surface area contributed by atoms with Crippen molar-refractivity contribution in [3.05, 3.63) is 0 Å². The standard InChI is InChI=1S/C9H17NO/c1-4-5-9(2,3)8(11)10-6-7-10/h4-7H2,1-3H3. The first kappa shape index (κ1) is 8.57. The number of hydrogen-bond donors (Lipinski definition) is 0. The first-order valence-corrected chi connectivity index (χ1v) is 4.37. The molecule has 0 N–H and O–H groups in total. The van der Waals surface area contributed by atoms with Gasteiger partial charge in [-0.05, 0) is 6.42 Å². The Morgan fingerprint density at radius 2 is 2.00 bits per heavy atom. The van der Waals surface area contributed by atoms with Crippen molar-refractivity contribution in [2.24, 2.45) is 5.41 Å². The van der Waals surface area contributed by atoms with E-state index < -0.39 is 0 Å². The number of carbonyl (C=O) groups excluding carboxylic acids is 1. The van der Waals surface area contributed by atoms with E-state index in [-0.39, 0.29) is 5.41 Å². The molecule has 0 spiro atoms. The Balaban J connectivity index is 2.47. The summed E-state index contributed by atoms with van der Waals surface area (Å²) < 4.78 is 0. The molecule has 0 saturated carbocycles. The maximum atomic E-state index is 11.5. The van der Waals surface area contributed by atoms with Crippen molar-refractivity contribution in [1.29, 1.82) is 0 Å². The smallest absolute Gasteiger partial charge is 0.228 e. The van der Waals surface area contributed by atoms with Crippen LogP contribution in [0.3, 0.4) is 0 Å². The lowest BCUT2D eigenvalue weighted by Gasteiger charge is -2.22. The molecule has 11 heavy (non-hydrogen) atoms. The third-order valence-corrected chi connectivity index (χ3v) is 2.19. The van der Waals surface area contributed by atoms with Gasteiger partial charge in [0.25, 0.3) is 0 Å². The quantitative estimate of drug-likeness (QED) is 0.567. The lowest BCUT2D eigenvalue weighted by atomic mass is 9.87. The summed E-state index contributed by atoms with van der Waals surface area (Å²) in [6.07, 6.45) is 2.09. The second-order valence-corrected chi connectivity index (χ2v) is 3.93. The molecule has 1 rings (SSSR count).